The summed E-state index contributed by atoms with van der Waals surface area (Å²) >= 11 is 12.1. The zero-order valence-electron chi connectivity index (χ0n) is 16.7. The third kappa shape index (κ3) is 4.37. The van der Waals surface area contributed by atoms with Crippen LogP contribution in [0.3, 0.4) is 0 Å². The predicted molar refractivity (Wildman–Crippen MR) is 115 cm³/mol. The number of β-amino-alcohol motifs (C(OH)–C–C–N with tert-alkyl or cyclic N) is 2. The molecule has 160 valence electrons. The molecule has 3 aliphatic rings. The SMILES string of the molecule is C[C@@H]1C(=O)N(C[C@@H](O)CN2CCC3(CC3)[C@H](O)C2)CCN1c1ccc(Cl)c(Cl)c1. The summed E-state index contributed by atoms with van der Waals surface area (Å²) in [5.74, 6) is -0.00279. The molecule has 8 heteroatoms. The summed E-state index contributed by atoms with van der Waals surface area (Å²) in [6, 6.07) is 5.06. The Kier molecular flexibility index (Phi) is 6.02. The van der Waals surface area contributed by atoms with Crippen LogP contribution in [0.25, 0.3) is 0 Å². The van der Waals surface area contributed by atoms with Gasteiger partial charge in [-0.25, -0.2) is 0 Å². The Balaban J connectivity index is 1.31. The Morgan fingerprint density at radius 3 is 2.55 bits per heavy atom. The van der Waals surface area contributed by atoms with Gasteiger partial charge < -0.3 is 20.0 Å². The second-order valence-corrected chi connectivity index (χ2v) is 9.61. The molecule has 3 fully saturated rings. The van der Waals surface area contributed by atoms with Crippen LogP contribution in [-0.4, -0.2) is 83.4 Å². The van der Waals surface area contributed by atoms with Gasteiger partial charge in [0.05, 0.1) is 22.3 Å². The van der Waals surface area contributed by atoms with E-state index in [0.717, 1.165) is 31.5 Å². The Morgan fingerprint density at radius 2 is 1.90 bits per heavy atom. The van der Waals surface area contributed by atoms with Gasteiger partial charge in [0.25, 0.3) is 0 Å². The second kappa shape index (κ2) is 8.23. The van der Waals surface area contributed by atoms with Gasteiger partial charge in [-0.3, -0.25) is 9.69 Å². The summed E-state index contributed by atoms with van der Waals surface area (Å²) in [6.45, 7) is 5.42. The first-order valence-electron chi connectivity index (χ1n) is 10.4. The Labute approximate surface area is 182 Å². The summed E-state index contributed by atoms with van der Waals surface area (Å²) < 4.78 is 0. The van der Waals surface area contributed by atoms with Crippen LogP contribution in [0.2, 0.25) is 10.0 Å². The Bertz CT molecular complexity index is 774. The standard InChI is InChI=1S/C21H29Cl2N3O3/c1-14-20(29)25(8-9-26(14)15-2-3-17(22)18(23)10-15)12-16(27)11-24-7-6-21(4-5-21)19(28)13-24/h2-3,10,14,16,19,27-28H,4-9,11-13H2,1H3/t14-,16+,19-/m1/s1. The molecule has 1 aromatic rings. The maximum absolute atomic E-state index is 12.9. The van der Waals surface area contributed by atoms with E-state index in [1.165, 1.54) is 0 Å². The molecule has 29 heavy (non-hydrogen) atoms. The molecule has 1 aliphatic carbocycles. The number of anilines is 1. The molecule has 0 aromatic heterocycles. The highest BCUT2D eigenvalue weighted by molar-refractivity contribution is 6.42. The van der Waals surface area contributed by atoms with E-state index in [4.69, 9.17) is 23.2 Å². The van der Waals surface area contributed by atoms with Crippen molar-refractivity contribution in [2.45, 2.75) is 44.4 Å². The van der Waals surface area contributed by atoms with Crippen molar-refractivity contribution < 1.29 is 15.0 Å². The molecule has 4 rings (SSSR count). The number of carbonyl (C=O) groups excluding carboxylic acids is 1. The number of piperidine rings is 1. The van der Waals surface area contributed by atoms with E-state index in [1.807, 2.05) is 17.9 Å². The average molecular weight is 442 g/mol. The molecule has 3 atom stereocenters. The molecular formula is C21H29Cl2N3O3. The minimum atomic E-state index is -0.622. The van der Waals surface area contributed by atoms with Crippen molar-refractivity contribution >= 4 is 34.8 Å². The average Bonchev–Trinajstić information content (AvgIpc) is 3.46. The van der Waals surface area contributed by atoms with Gasteiger partial charge >= 0.3 is 0 Å². The van der Waals surface area contributed by atoms with E-state index in [0.29, 0.717) is 42.8 Å². The highest BCUT2D eigenvalue weighted by Crippen LogP contribution is 2.53. The Morgan fingerprint density at radius 1 is 1.14 bits per heavy atom. The number of halogens is 2. The van der Waals surface area contributed by atoms with Crippen LogP contribution in [0.15, 0.2) is 18.2 Å². The number of nitrogens with zero attached hydrogens (tertiary/aromatic N) is 3. The molecule has 6 nitrogen and oxygen atoms in total. The van der Waals surface area contributed by atoms with Crippen molar-refractivity contribution in [1.29, 1.82) is 0 Å². The fourth-order valence-corrected chi connectivity index (χ4v) is 5.02. The van der Waals surface area contributed by atoms with E-state index in [2.05, 4.69) is 4.90 Å². The largest absolute Gasteiger partial charge is 0.391 e. The van der Waals surface area contributed by atoms with Crippen molar-refractivity contribution in [2.75, 3.05) is 44.2 Å². The highest BCUT2D eigenvalue weighted by Gasteiger charge is 2.51. The maximum Gasteiger partial charge on any atom is 0.245 e. The number of carbonyl (C=O) groups is 1. The van der Waals surface area contributed by atoms with Gasteiger partial charge in [0.1, 0.15) is 6.04 Å². The Hall–Kier alpha value is -1.05. The highest BCUT2D eigenvalue weighted by atomic mass is 35.5. The van der Waals surface area contributed by atoms with Crippen LogP contribution in [0.4, 0.5) is 5.69 Å². The first-order valence-corrected chi connectivity index (χ1v) is 11.1. The maximum atomic E-state index is 12.9. The number of piperazine rings is 1. The monoisotopic (exact) mass is 441 g/mol. The van der Waals surface area contributed by atoms with Crippen LogP contribution >= 0.6 is 23.2 Å². The fraction of sp³-hybridized carbons (Fsp3) is 0.667. The summed E-state index contributed by atoms with van der Waals surface area (Å²) in [7, 11) is 0. The number of hydrogen-bond acceptors (Lipinski definition) is 5. The molecule has 0 unspecified atom stereocenters. The molecule has 2 aliphatic heterocycles. The summed E-state index contributed by atoms with van der Waals surface area (Å²) in [4.78, 5) is 18.8. The normalized spacial score (nSPS) is 28.1. The van der Waals surface area contributed by atoms with Crippen LogP contribution in [0.5, 0.6) is 0 Å². The smallest absolute Gasteiger partial charge is 0.245 e. The zero-order valence-corrected chi connectivity index (χ0v) is 18.2. The topological polar surface area (TPSA) is 67.2 Å². The zero-order chi connectivity index (χ0) is 20.8. The van der Waals surface area contributed by atoms with Crippen molar-refractivity contribution in [2.24, 2.45) is 5.41 Å². The van der Waals surface area contributed by atoms with Crippen LogP contribution in [0, 0.1) is 5.41 Å². The first kappa shape index (κ1) is 21.2. The molecule has 1 saturated carbocycles. The molecule has 2 heterocycles. The van der Waals surface area contributed by atoms with Crippen molar-refractivity contribution in [1.82, 2.24) is 9.80 Å². The first-order chi connectivity index (χ1) is 13.8. The third-order valence-electron chi connectivity index (χ3n) is 6.84. The van der Waals surface area contributed by atoms with Gasteiger partial charge in [-0.05, 0) is 56.3 Å². The van der Waals surface area contributed by atoms with E-state index in [-0.39, 0.29) is 23.5 Å². The van der Waals surface area contributed by atoms with Gasteiger partial charge in [0.15, 0.2) is 0 Å². The molecule has 1 spiro atoms. The van der Waals surface area contributed by atoms with Crippen LogP contribution in [0.1, 0.15) is 26.2 Å². The lowest BCUT2D eigenvalue weighted by molar-refractivity contribution is -0.135. The van der Waals surface area contributed by atoms with Crippen LogP contribution in [-0.2, 0) is 4.79 Å². The number of benzene rings is 1. The molecule has 1 amide bonds. The van der Waals surface area contributed by atoms with E-state index in [1.54, 1.807) is 17.0 Å². The molecule has 0 radical (unpaired) electrons. The molecule has 2 saturated heterocycles. The van der Waals surface area contributed by atoms with Gasteiger partial charge in [0, 0.05) is 38.4 Å². The lowest BCUT2D eigenvalue weighted by Gasteiger charge is -2.42. The van der Waals surface area contributed by atoms with Crippen LogP contribution < -0.4 is 4.90 Å². The van der Waals surface area contributed by atoms with E-state index in [9.17, 15) is 15.0 Å². The number of aliphatic hydroxyl groups excluding tert-OH is 2. The minimum absolute atomic E-state index is 0.00279. The molecule has 0 bridgehead atoms. The minimum Gasteiger partial charge on any atom is -0.391 e. The van der Waals surface area contributed by atoms with E-state index >= 15 is 0 Å². The number of hydrogen-bond donors (Lipinski definition) is 2. The van der Waals surface area contributed by atoms with Crippen molar-refractivity contribution in [3.05, 3.63) is 28.2 Å². The second-order valence-electron chi connectivity index (χ2n) is 8.79. The molecule has 2 N–H and O–H groups in total. The van der Waals surface area contributed by atoms with Gasteiger partial charge in [-0.15, -0.1) is 0 Å². The number of aliphatic hydroxyl groups is 2. The number of likely N-dealkylation sites (tertiary alicyclic amines) is 1. The van der Waals surface area contributed by atoms with Crippen molar-refractivity contribution in [3.8, 4) is 0 Å². The van der Waals surface area contributed by atoms with Gasteiger partial charge in [-0.2, -0.15) is 0 Å². The molecule has 1 aromatic carbocycles. The fourth-order valence-electron chi connectivity index (χ4n) is 4.72. The third-order valence-corrected chi connectivity index (χ3v) is 7.58. The lowest BCUT2D eigenvalue weighted by atomic mass is 9.90. The summed E-state index contributed by atoms with van der Waals surface area (Å²) in [5, 5.41) is 21.9. The number of rotatable bonds is 5. The summed E-state index contributed by atoms with van der Waals surface area (Å²) in [6.07, 6.45) is 2.34. The van der Waals surface area contributed by atoms with Gasteiger partial charge in [-0.1, -0.05) is 23.2 Å². The lowest BCUT2D eigenvalue weighted by Crippen LogP contribution is -2.58. The van der Waals surface area contributed by atoms with Gasteiger partial charge in [0.2, 0.25) is 5.91 Å². The summed E-state index contributed by atoms with van der Waals surface area (Å²) in [5.41, 5.74) is 1.03. The quantitative estimate of drug-likeness (QED) is 0.733. The predicted octanol–water partition coefficient (Wildman–Crippen LogP) is 2.24. The van der Waals surface area contributed by atoms with E-state index < -0.39 is 6.10 Å². The van der Waals surface area contributed by atoms with Crippen molar-refractivity contribution in [3.63, 3.8) is 0 Å². The molecular weight excluding hydrogens is 413 g/mol. The number of amides is 1.